The van der Waals surface area contributed by atoms with Gasteiger partial charge in [-0.1, -0.05) is 18.2 Å². The number of aromatic nitrogens is 1. The predicted molar refractivity (Wildman–Crippen MR) is 116 cm³/mol. The highest BCUT2D eigenvalue weighted by molar-refractivity contribution is 5.90. The molecule has 1 saturated heterocycles. The summed E-state index contributed by atoms with van der Waals surface area (Å²) in [5.74, 6) is 1.53. The second kappa shape index (κ2) is 8.29. The van der Waals surface area contributed by atoms with E-state index in [2.05, 4.69) is 21.3 Å². The van der Waals surface area contributed by atoms with Gasteiger partial charge in [-0.25, -0.2) is 9.78 Å². The van der Waals surface area contributed by atoms with E-state index < -0.39 is 0 Å². The number of hydrogen-bond acceptors (Lipinski definition) is 4. The number of nitrogens with zero attached hydrogens (tertiary/aromatic N) is 3. The van der Waals surface area contributed by atoms with Crippen LogP contribution in [0, 0.1) is 18.3 Å². The van der Waals surface area contributed by atoms with E-state index in [4.69, 9.17) is 4.74 Å². The van der Waals surface area contributed by atoms with Crippen molar-refractivity contribution in [3.05, 3.63) is 59.7 Å². The number of methoxy groups -OCH3 is 1. The Morgan fingerprint density at radius 2 is 1.90 bits per heavy atom. The number of aryl methyl sites for hydroxylation is 1. The summed E-state index contributed by atoms with van der Waals surface area (Å²) in [5, 5.41) is 13.6. The first kappa shape index (κ1) is 19.5. The number of nitriles is 1. The van der Waals surface area contributed by atoms with Gasteiger partial charge in [0.1, 0.15) is 36.0 Å². The van der Waals surface area contributed by atoms with Crippen LogP contribution >= 0.6 is 0 Å². The Morgan fingerprint density at radius 1 is 1.13 bits per heavy atom. The topological polar surface area (TPSA) is 82.7 Å². The maximum absolute atomic E-state index is 12.7. The fourth-order valence-electron chi connectivity index (χ4n) is 3.69. The zero-order valence-corrected chi connectivity index (χ0v) is 17.1. The second-order valence-corrected chi connectivity index (χ2v) is 7.32. The van der Waals surface area contributed by atoms with Gasteiger partial charge in [-0.15, -0.1) is 0 Å². The number of aromatic amines is 1. The second-order valence-electron chi connectivity index (χ2n) is 7.32. The third-order valence-corrected chi connectivity index (χ3v) is 5.46. The van der Waals surface area contributed by atoms with Crippen LogP contribution in [0.4, 0.5) is 16.3 Å². The zero-order valence-electron chi connectivity index (χ0n) is 17.1. The summed E-state index contributed by atoms with van der Waals surface area (Å²) >= 11 is 0. The van der Waals surface area contributed by atoms with Crippen molar-refractivity contribution in [3.63, 3.8) is 0 Å². The average Bonchev–Trinajstić information content (AvgIpc) is 2.79. The van der Waals surface area contributed by atoms with Crippen LogP contribution < -0.4 is 19.9 Å². The first-order valence-corrected chi connectivity index (χ1v) is 9.89. The highest BCUT2D eigenvalue weighted by atomic mass is 16.5. The van der Waals surface area contributed by atoms with Gasteiger partial charge in [0.15, 0.2) is 0 Å². The van der Waals surface area contributed by atoms with E-state index in [0.717, 1.165) is 33.7 Å². The molecule has 1 aliphatic rings. The quantitative estimate of drug-likeness (QED) is 0.729. The van der Waals surface area contributed by atoms with Crippen LogP contribution in [-0.2, 0) is 0 Å². The van der Waals surface area contributed by atoms with E-state index in [9.17, 15) is 10.1 Å². The fourth-order valence-corrected chi connectivity index (χ4v) is 3.69. The number of amides is 2. The molecule has 0 aliphatic carbocycles. The smallest absolute Gasteiger partial charge is 0.322 e. The maximum atomic E-state index is 12.7. The van der Waals surface area contributed by atoms with Gasteiger partial charge in [-0.2, -0.15) is 5.26 Å². The maximum Gasteiger partial charge on any atom is 0.322 e. The normalized spacial score (nSPS) is 13.8. The molecule has 4 rings (SSSR count). The molecule has 152 valence electrons. The van der Waals surface area contributed by atoms with Gasteiger partial charge in [0.2, 0.25) is 0 Å². The van der Waals surface area contributed by atoms with E-state index in [0.29, 0.717) is 31.7 Å². The van der Waals surface area contributed by atoms with Gasteiger partial charge in [-0.3, -0.25) is 4.90 Å². The Labute approximate surface area is 175 Å². The van der Waals surface area contributed by atoms with E-state index in [-0.39, 0.29) is 6.03 Å². The van der Waals surface area contributed by atoms with Gasteiger partial charge < -0.3 is 15.0 Å². The number of H-pyrrole nitrogens is 1. The molecule has 0 spiro atoms. The molecule has 0 unspecified atom stereocenters. The number of urea groups is 1. The number of anilines is 2. The molecule has 2 amide bonds. The number of carbonyl (C=O) groups is 1. The highest BCUT2D eigenvalue weighted by Gasteiger charge is 2.29. The van der Waals surface area contributed by atoms with Crippen LogP contribution in [0.3, 0.4) is 0 Å². The summed E-state index contributed by atoms with van der Waals surface area (Å²) in [5.41, 5.74) is 3.35. The van der Waals surface area contributed by atoms with Gasteiger partial charge in [-0.05, 0) is 36.8 Å². The van der Waals surface area contributed by atoms with Crippen molar-refractivity contribution in [2.75, 3.05) is 43.5 Å². The Kier molecular flexibility index (Phi) is 5.40. The first-order chi connectivity index (χ1) is 14.6. The molecule has 30 heavy (non-hydrogen) atoms. The summed E-state index contributed by atoms with van der Waals surface area (Å²) in [7, 11) is 1.63. The molecule has 2 heterocycles. The molecule has 0 saturated carbocycles. The minimum atomic E-state index is -0.100. The number of hydrogen-bond donors (Lipinski definition) is 1. The van der Waals surface area contributed by atoms with Crippen molar-refractivity contribution in [1.82, 2.24) is 4.90 Å². The van der Waals surface area contributed by atoms with Gasteiger partial charge in [0, 0.05) is 17.1 Å². The molecule has 1 aromatic heterocycles. The van der Waals surface area contributed by atoms with Crippen LogP contribution in [0.5, 0.6) is 5.75 Å². The summed E-state index contributed by atoms with van der Waals surface area (Å²) in [6, 6.07) is 17.5. The van der Waals surface area contributed by atoms with Crippen LogP contribution in [0.2, 0.25) is 0 Å². The monoisotopic (exact) mass is 402 g/mol. The zero-order chi connectivity index (χ0) is 21.1. The molecule has 0 radical (unpaired) electrons. The Hall–Kier alpha value is -3.79. The van der Waals surface area contributed by atoms with Crippen LogP contribution in [0.25, 0.3) is 10.9 Å². The van der Waals surface area contributed by atoms with Crippen molar-refractivity contribution in [2.45, 2.75) is 6.92 Å². The van der Waals surface area contributed by atoms with Crippen molar-refractivity contribution in [2.24, 2.45) is 0 Å². The Balaban J connectivity index is 1.49. The molecule has 7 heteroatoms. The van der Waals surface area contributed by atoms with E-state index in [1.165, 1.54) is 0 Å². The summed E-state index contributed by atoms with van der Waals surface area (Å²) in [6.07, 6.45) is 0. The number of para-hydroxylation sites is 1. The van der Waals surface area contributed by atoms with E-state index in [1.807, 2.05) is 55.5 Å². The van der Waals surface area contributed by atoms with E-state index >= 15 is 0 Å². The van der Waals surface area contributed by atoms with Crippen molar-refractivity contribution in [1.29, 1.82) is 5.26 Å². The number of piperazine rings is 1. The van der Waals surface area contributed by atoms with Crippen LogP contribution in [0.15, 0.2) is 48.5 Å². The van der Waals surface area contributed by atoms with Crippen LogP contribution in [0.1, 0.15) is 11.1 Å². The first-order valence-electron chi connectivity index (χ1n) is 9.89. The number of rotatable bonds is 3. The highest BCUT2D eigenvalue weighted by Crippen LogP contribution is 2.24. The average molecular weight is 402 g/mol. The molecule has 7 nitrogen and oxygen atoms in total. The molecule has 2 N–H and O–H groups in total. The number of benzene rings is 2. The largest absolute Gasteiger partial charge is 0.497 e. The standard InChI is InChI=1S/C23H23N5O2/c1-16-5-3-4-6-20(16)26-23(29)28-11-9-27(10-12-28)22-18(15-24)13-17-7-8-19(30-2)14-21(17)25-22/h3-8,13-14H,9-12H2,1-2H3,(H,26,29)/p+1. The SMILES string of the molecule is COc1ccc2cc(C#N)c(N3CCN(C(=O)Nc4ccccc4C)CC3)[nH+]c2c1. The molecule has 2 aromatic carbocycles. The van der Waals surface area contributed by atoms with Crippen molar-refractivity contribution < 1.29 is 14.5 Å². The van der Waals surface area contributed by atoms with Gasteiger partial charge in [0.05, 0.1) is 20.2 Å². The summed E-state index contributed by atoms with van der Waals surface area (Å²) < 4.78 is 5.31. The van der Waals surface area contributed by atoms with Gasteiger partial charge in [0.25, 0.3) is 5.82 Å². The fraction of sp³-hybridized carbons (Fsp3) is 0.261. The minimum Gasteiger partial charge on any atom is -0.497 e. The van der Waals surface area contributed by atoms with Crippen molar-refractivity contribution in [3.8, 4) is 11.8 Å². The van der Waals surface area contributed by atoms with Crippen LogP contribution in [-0.4, -0.2) is 44.2 Å². The number of ether oxygens (including phenoxy) is 1. The molecule has 3 aromatic rings. The lowest BCUT2D eigenvalue weighted by Crippen LogP contribution is -2.51. The molecule has 0 atom stereocenters. The molecular weight excluding hydrogens is 378 g/mol. The number of fused-ring (bicyclic) bond motifs is 1. The van der Waals surface area contributed by atoms with E-state index in [1.54, 1.807) is 12.0 Å². The third kappa shape index (κ3) is 3.85. The lowest BCUT2D eigenvalue weighted by molar-refractivity contribution is -0.331. The van der Waals surface area contributed by atoms with Crippen molar-refractivity contribution >= 4 is 28.4 Å². The molecule has 1 fully saturated rings. The molecular formula is C23H24N5O2+. The molecule has 1 aliphatic heterocycles. The number of nitrogens with one attached hydrogen (secondary N) is 2. The lowest BCUT2D eigenvalue weighted by atomic mass is 10.1. The summed E-state index contributed by atoms with van der Waals surface area (Å²) in [4.78, 5) is 20.0. The Bertz CT molecular complexity index is 1130. The molecule has 0 bridgehead atoms. The number of pyridine rings is 1. The predicted octanol–water partition coefficient (Wildman–Crippen LogP) is 3.20. The third-order valence-electron chi connectivity index (χ3n) is 5.46. The van der Waals surface area contributed by atoms with Gasteiger partial charge >= 0.3 is 6.03 Å². The summed E-state index contributed by atoms with van der Waals surface area (Å²) in [6.45, 7) is 4.41. The lowest BCUT2D eigenvalue weighted by Gasteiger charge is -2.31. The Morgan fingerprint density at radius 3 is 2.60 bits per heavy atom. The number of carbonyl (C=O) groups excluding carboxylic acids is 1. The minimum absolute atomic E-state index is 0.100.